The van der Waals surface area contributed by atoms with Crippen LogP contribution in [0.15, 0.2) is 36.7 Å². The van der Waals surface area contributed by atoms with Gasteiger partial charge in [-0.25, -0.2) is 4.79 Å². The fourth-order valence-corrected chi connectivity index (χ4v) is 1.74. The van der Waals surface area contributed by atoms with Crippen molar-refractivity contribution >= 4 is 17.6 Å². The lowest BCUT2D eigenvalue weighted by atomic mass is 10.1. The molecule has 106 valence electrons. The number of benzene rings is 1. The van der Waals surface area contributed by atoms with E-state index in [1.807, 2.05) is 6.07 Å². The Hall–Kier alpha value is -3.64. The Kier molecular flexibility index (Phi) is 4.17. The average molecular weight is 291 g/mol. The van der Waals surface area contributed by atoms with Gasteiger partial charge in [0.1, 0.15) is 0 Å². The maximum Gasteiger partial charge on any atom is 0.337 e. The number of rotatable bonds is 3. The molecule has 2 aromatic rings. The number of anilines is 1. The number of terminal acetylenes is 1. The van der Waals surface area contributed by atoms with Crippen molar-refractivity contribution in [2.75, 3.05) is 5.32 Å². The summed E-state index contributed by atoms with van der Waals surface area (Å²) in [5.41, 5.74) is 0.740. The Bertz CT molecular complexity index is 844. The summed E-state index contributed by atoms with van der Waals surface area (Å²) in [6.07, 6.45) is 7.99. The van der Waals surface area contributed by atoms with Crippen molar-refractivity contribution in [2.24, 2.45) is 0 Å². The van der Waals surface area contributed by atoms with Gasteiger partial charge in [0.2, 0.25) is 0 Å². The summed E-state index contributed by atoms with van der Waals surface area (Å²) in [5.74, 6) is 0.566. The molecule has 0 radical (unpaired) electrons. The maximum absolute atomic E-state index is 12.1. The van der Waals surface area contributed by atoms with Crippen molar-refractivity contribution in [2.45, 2.75) is 0 Å². The van der Waals surface area contributed by atoms with E-state index >= 15 is 0 Å². The molecule has 0 aliphatic heterocycles. The van der Waals surface area contributed by atoms with Gasteiger partial charge in [-0.3, -0.25) is 9.78 Å². The minimum Gasteiger partial charge on any atom is -0.478 e. The van der Waals surface area contributed by atoms with E-state index in [1.54, 1.807) is 0 Å². The first-order chi connectivity index (χ1) is 10.5. The second-order valence-electron chi connectivity index (χ2n) is 4.24. The van der Waals surface area contributed by atoms with Crippen LogP contribution in [0.25, 0.3) is 0 Å². The molecule has 1 amide bonds. The van der Waals surface area contributed by atoms with Gasteiger partial charge in [-0.15, -0.1) is 6.42 Å². The molecule has 2 N–H and O–H groups in total. The summed E-state index contributed by atoms with van der Waals surface area (Å²) >= 11 is 0. The zero-order valence-electron chi connectivity index (χ0n) is 11.2. The quantitative estimate of drug-likeness (QED) is 0.840. The zero-order valence-corrected chi connectivity index (χ0v) is 11.2. The topological polar surface area (TPSA) is 103 Å². The number of nitriles is 1. The SMILES string of the molecule is C#Cc1cncc(C(=O)Nc2ccc(C#N)cc2C(=O)O)c1. The summed E-state index contributed by atoms with van der Waals surface area (Å²) in [7, 11) is 0. The summed E-state index contributed by atoms with van der Waals surface area (Å²) in [5, 5.41) is 20.4. The minimum atomic E-state index is -1.25. The van der Waals surface area contributed by atoms with Gasteiger partial charge < -0.3 is 10.4 Å². The number of aromatic carboxylic acids is 1. The number of nitrogens with one attached hydrogen (secondary N) is 1. The van der Waals surface area contributed by atoms with Crippen molar-refractivity contribution < 1.29 is 14.7 Å². The number of hydrogen-bond donors (Lipinski definition) is 2. The molecule has 0 fully saturated rings. The van der Waals surface area contributed by atoms with Crippen LogP contribution in [0.5, 0.6) is 0 Å². The third-order valence-corrected chi connectivity index (χ3v) is 2.79. The molecule has 2 rings (SSSR count). The van der Waals surface area contributed by atoms with E-state index < -0.39 is 11.9 Å². The van der Waals surface area contributed by atoms with Crippen molar-refractivity contribution in [3.05, 3.63) is 58.9 Å². The smallest absolute Gasteiger partial charge is 0.337 e. The van der Waals surface area contributed by atoms with Gasteiger partial charge in [-0.1, -0.05) is 5.92 Å². The van der Waals surface area contributed by atoms with Crippen molar-refractivity contribution in [3.63, 3.8) is 0 Å². The van der Waals surface area contributed by atoms with Crippen LogP contribution in [0, 0.1) is 23.7 Å². The molecule has 6 nitrogen and oxygen atoms in total. The first kappa shape index (κ1) is 14.8. The van der Waals surface area contributed by atoms with Crippen LogP contribution >= 0.6 is 0 Å². The van der Waals surface area contributed by atoms with E-state index in [2.05, 4.69) is 16.2 Å². The molecule has 0 spiro atoms. The molecule has 0 saturated heterocycles. The summed E-state index contributed by atoms with van der Waals surface area (Å²) in [6.45, 7) is 0. The molecular formula is C16H9N3O3. The number of carboxylic acid groups (broad SMARTS) is 1. The summed E-state index contributed by atoms with van der Waals surface area (Å²) in [4.78, 5) is 27.2. The predicted octanol–water partition coefficient (Wildman–Crippen LogP) is 1.89. The molecule has 0 aliphatic rings. The van der Waals surface area contributed by atoms with Crippen LogP contribution in [-0.2, 0) is 0 Å². The van der Waals surface area contributed by atoms with Gasteiger partial charge >= 0.3 is 5.97 Å². The Morgan fingerprint density at radius 1 is 1.23 bits per heavy atom. The molecule has 6 heteroatoms. The van der Waals surface area contributed by atoms with Gasteiger partial charge in [0.05, 0.1) is 28.4 Å². The molecule has 0 aliphatic carbocycles. The van der Waals surface area contributed by atoms with E-state index in [1.165, 1.54) is 36.7 Å². The molecule has 0 atom stereocenters. The summed E-state index contributed by atoms with van der Waals surface area (Å²) < 4.78 is 0. The van der Waals surface area contributed by atoms with Crippen LogP contribution in [0.2, 0.25) is 0 Å². The fourth-order valence-electron chi connectivity index (χ4n) is 1.74. The number of pyridine rings is 1. The first-order valence-corrected chi connectivity index (χ1v) is 6.05. The van der Waals surface area contributed by atoms with E-state index in [0.29, 0.717) is 5.56 Å². The van der Waals surface area contributed by atoms with Crippen molar-refractivity contribution in [1.82, 2.24) is 4.98 Å². The standard InChI is InChI=1S/C16H9N3O3/c1-2-10-5-12(9-18-8-10)15(20)19-14-4-3-11(7-17)6-13(14)16(21)22/h1,3-6,8-9H,(H,19,20)(H,21,22). The number of amides is 1. The third kappa shape index (κ3) is 3.09. The minimum absolute atomic E-state index is 0.0858. The van der Waals surface area contributed by atoms with E-state index in [0.717, 1.165) is 0 Å². The van der Waals surface area contributed by atoms with Gasteiger partial charge in [-0.05, 0) is 24.3 Å². The fraction of sp³-hybridized carbons (Fsp3) is 0. The van der Waals surface area contributed by atoms with Crippen molar-refractivity contribution in [3.8, 4) is 18.4 Å². The molecule has 0 saturated carbocycles. The summed E-state index contributed by atoms with van der Waals surface area (Å²) in [6, 6.07) is 7.27. The van der Waals surface area contributed by atoms with Crippen LogP contribution in [-0.4, -0.2) is 22.0 Å². The largest absolute Gasteiger partial charge is 0.478 e. The van der Waals surface area contributed by atoms with Crippen LogP contribution in [0.3, 0.4) is 0 Å². The van der Waals surface area contributed by atoms with Gasteiger partial charge in [0, 0.05) is 18.0 Å². The number of hydrogen-bond acceptors (Lipinski definition) is 4. The van der Waals surface area contributed by atoms with E-state index in [9.17, 15) is 9.59 Å². The van der Waals surface area contributed by atoms with Crippen LogP contribution < -0.4 is 5.32 Å². The molecule has 22 heavy (non-hydrogen) atoms. The molecular weight excluding hydrogens is 282 g/mol. The highest BCUT2D eigenvalue weighted by molar-refractivity contribution is 6.07. The lowest BCUT2D eigenvalue weighted by molar-refractivity contribution is 0.0698. The second-order valence-corrected chi connectivity index (χ2v) is 4.24. The highest BCUT2D eigenvalue weighted by Gasteiger charge is 2.15. The predicted molar refractivity (Wildman–Crippen MR) is 78.2 cm³/mol. The zero-order chi connectivity index (χ0) is 16.1. The van der Waals surface area contributed by atoms with Gasteiger partial charge in [0.15, 0.2) is 0 Å². The maximum atomic E-state index is 12.1. The van der Waals surface area contributed by atoms with Gasteiger partial charge in [-0.2, -0.15) is 5.26 Å². The molecule has 0 unspecified atom stereocenters. The number of nitrogens with zero attached hydrogens (tertiary/aromatic N) is 2. The molecule has 0 bridgehead atoms. The monoisotopic (exact) mass is 291 g/mol. The second kappa shape index (κ2) is 6.21. The first-order valence-electron chi connectivity index (χ1n) is 6.05. The van der Waals surface area contributed by atoms with Gasteiger partial charge in [0.25, 0.3) is 5.91 Å². The lowest BCUT2D eigenvalue weighted by Gasteiger charge is -2.09. The number of aromatic nitrogens is 1. The highest BCUT2D eigenvalue weighted by Crippen LogP contribution is 2.18. The molecule has 1 aromatic heterocycles. The lowest BCUT2D eigenvalue weighted by Crippen LogP contribution is -2.15. The Morgan fingerprint density at radius 2 is 2.00 bits per heavy atom. The molecule has 1 heterocycles. The number of carboxylic acids is 1. The Labute approximate surface area is 126 Å². The Morgan fingerprint density at radius 3 is 2.64 bits per heavy atom. The normalized spacial score (nSPS) is 9.36. The van der Waals surface area contributed by atoms with Crippen LogP contribution in [0.4, 0.5) is 5.69 Å². The third-order valence-electron chi connectivity index (χ3n) is 2.79. The number of carbonyl (C=O) groups is 2. The Balaban J connectivity index is 2.34. The van der Waals surface area contributed by atoms with E-state index in [-0.39, 0.29) is 22.4 Å². The molecule has 1 aromatic carbocycles. The van der Waals surface area contributed by atoms with Crippen LogP contribution in [0.1, 0.15) is 31.8 Å². The van der Waals surface area contributed by atoms with Crippen molar-refractivity contribution in [1.29, 1.82) is 5.26 Å². The average Bonchev–Trinajstić information content (AvgIpc) is 2.55. The van der Waals surface area contributed by atoms with E-state index in [4.69, 9.17) is 16.8 Å². The highest BCUT2D eigenvalue weighted by atomic mass is 16.4. The number of carbonyl (C=O) groups excluding carboxylic acids is 1.